The number of alkyl halides is 3. The molecule has 0 saturated heterocycles. The Labute approximate surface area is 112 Å². The molecule has 0 N–H and O–H groups in total. The Bertz CT molecular complexity index is 594. The first-order valence-electron chi connectivity index (χ1n) is 4.57. The van der Waals surface area contributed by atoms with Gasteiger partial charge in [-0.25, -0.2) is 9.07 Å². The van der Waals surface area contributed by atoms with Crippen LogP contribution in [0.4, 0.5) is 17.6 Å². The molecule has 2 rings (SSSR count). The maximum atomic E-state index is 13.2. The van der Waals surface area contributed by atoms with E-state index in [0.717, 1.165) is 12.3 Å². The largest absolute Gasteiger partial charge is 0.434 e. The van der Waals surface area contributed by atoms with Gasteiger partial charge in [0.1, 0.15) is 5.82 Å². The van der Waals surface area contributed by atoms with Gasteiger partial charge in [0.2, 0.25) is 0 Å². The van der Waals surface area contributed by atoms with Gasteiger partial charge in [-0.1, -0.05) is 11.6 Å². The third-order valence-electron chi connectivity index (χ3n) is 2.14. The van der Waals surface area contributed by atoms with E-state index < -0.39 is 17.7 Å². The molecular weight excluding hydrogens is 339 g/mol. The molecule has 1 aromatic carbocycles. The van der Waals surface area contributed by atoms with Crippen molar-refractivity contribution in [1.29, 1.82) is 0 Å². The zero-order valence-electron chi connectivity index (χ0n) is 8.47. The lowest BCUT2D eigenvalue weighted by atomic mass is 10.3. The van der Waals surface area contributed by atoms with Crippen LogP contribution in [0.5, 0.6) is 0 Å². The third kappa shape index (κ3) is 2.37. The van der Waals surface area contributed by atoms with Crippen molar-refractivity contribution in [2.24, 2.45) is 0 Å². The average Bonchev–Trinajstić information content (AvgIpc) is 2.64. The highest BCUT2D eigenvalue weighted by Gasteiger charge is 2.38. The normalized spacial score (nSPS) is 11.9. The summed E-state index contributed by atoms with van der Waals surface area (Å²) in [5.74, 6) is -0.811. The average molecular weight is 344 g/mol. The van der Waals surface area contributed by atoms with Crippen LogP contribution < -0.4 is 0 Å². The Hall–Kier alpha value is -1.08. The lowest BCUT2D eigenvalue weighted by Crippen LogP contribution is -2.14. The molecule has 0 unspecified atom stereocenters. The fourth-order valence-electron chi connectivity index (χ4n) is 1.40. The molecular formula is C10H4BrClF4N2. The van der Waals surface area contributed by atoms with Crippen LogP contribution in [0.2, 0.25) is 5.02 Å². The summed E-state index contributed by atoms with van der Waals surface area (Å²) >= 11 is 8.23. The van der Waals surface area contributed by atoms with Crippen molar-refractivity contribution in [3.05, 3.63) is 45.4 Å². The van der Waals surface area contributed by atoms with E-state index >= 15 is 0 Å². The van der Waals surface area contributed by atoms with Crippen LogP contribution in [-0.2, 0) is 6.18 Å². The lowest BCUT2D eigenvalue weighted by Gasteiger charge is -2.11. The summed E-state index contributed by atoms with van der Waals surface area (Å²) in [6.07, 6.45) is -3.61. The van der Waals surface area contributed by atoms with E-state index in [2.05, 4.69) is 21.0 Å². The van der Waals surface area contributed by atoms with Crippen LogP contribution in [0.15, 0.2) is 28.9 Å². The van der Waals surface area contributed by atoms with Crippen molar-refractivity contribution in [3.8, 4) is 5.69 Å². The Morgan fingerprint density at radius 2 is 1.94 bits per heavy atom. The van der Waals surface area contributed by atoms with Crippen molar-refractivity contribution in [2.45, 2.75) is 6.18 Å². The Morgan fingerprint density at radius 3 is 2.50 bits per heavy atom. The maximum Gasteiger partial charge on any atom is 0.434 e. The smallest absolute Gasteiger partial charge is 0.227 e. The summed E-state index contributed by atoms with van der Waals surface area (Å²) in [6, 6.07) is 3.30. The number of hydrogen-bond acceptors (Lipinski definition) is 1. The molecule has 18 heavy (non-hydrogen) atoms. The van der Waals surface area contributed by atoms with Gasteiger partial charge in [0, 0.05) is 6.07 Å². The van der Waals surface area contributed by atoms with Crippen LogP contribution in [0.3, 0.4) is 0 Å². The molecule has 2 nitrogen and oxygen atoms in total. The molecule has 96 valence electrons. The Kier molecular flexibility index (Phi) is 3.37. The summed E-state index contributed by atoms with van der Waals surface area (Å²) in [5.41, 5.74) is -1.07. The maximum absolute atomic E-state index is 13.2. The van der Waals surface area contributed by atoms with Crippen LogP contribution in [-0.4, -0.2) is 9.78 Å². The number of halogens is 6. The molecule has 8 heteroatoms. The zero-order chi connectivity index (χ0) is 13.5. The third-order valence-corrected chi connectivity index (χ3v) is 3.03. The SMILES string of the molecule is Fc1cc(-n2ncc(Br)c2C(F)(F)F)ccc1Cl. The van der Waals surface area contributed by atoms with E-state index in [1.54, 1.807) is 0 Å². The number of hydrogen-bond donors (Lipinski definition) is 0. The van der Waals surface area contributed by atoms with Gasteiger partial charge in [-0.2, -0.15) is 18.3 Å². The molecule has 2 aromatic rings. The molecule has 1 aromatic heterocycles. The van der Waals surface area contributed by atoms with Gasteiger partial charge >= 0.3 is 6.18 Å². The molecule has 0 saturated carbocycles. The molecule has 0 aliphatic heterocycles. The minimum Gasteiger partial charge on any atom is -0.227 e. The van der Waals surface area contributed by atoms with Gasteiger partial charge in [-0.05, 0) is 28.1 Å². The van der Waals surface area contributed by atoms with Crippen molar-refractivity contribution in [1.82, 2.24) is 9.78 Å². The Morgan fingerprint density at radius 1 is 1.28 bits per heavy atom. The van der Waals surface area contributed by atoms with E-state index in [0.29, 0.717) is 4.68 Å². The van der Waals surface area contributed by atoms with Gasteiger partial charge < -0.3 is 0 Å². The highest BCUT2D eigenvalue weighted by atomic mass is 79.9. The molecule has 0 bridgehead atoms. The molecule has 0 aliphatic carbocycles. The van der Waals surface area contributed by atoms with E-state index in [1.165, 1.54) is 12.1 Å². The van der Waals surface area contributed by atoms with Crippen molar-refractivity contribution < 1.29 is 17.6 Å². The van der Waals surface area contributed by atoms with Gasteiger partial charge in [-0.3, -0.25) is 0 Å². The summed E-state index contributed by atoms with van der Waals surface area (Å²) in [7, 11) is 0. The topological polar surface area (TPSA) is 17.8 Å². The monoisotopic (exact) mass is 342 g/mol. The molecule has 0 aliphatic rings. The van der Waals surface area contributed by atoms with E-state index in [1.807, 2.05) is 0 Å². The van der Waals surface area contributed by atoms with Gasteiger partial charge in [0.25, 0.3) is 0 Å². The predicted octanol–water partition coefficient (Wildman–Crippen LogP) is 4.45. The lowest BCUT2D eigenvalue weighted by molar-refractivity contribution is -0.143. The highest BCUT2D eigenvalue weighted by Crippen LogP contribution is 2.36. The molecule has 1 heterocycles. The fourth-order valence-corrected chi connectivity index (χ4v) is 2.00. The zero-order valence-corrected chi connectivity index (χ0v) is 10.8. The summed E-state index contributed by atoms with van der Waals surface area (Å²) < 4.78 is 52.0. The van der Waals surface area contributed by atoms with Crippen LogP contribution in [0.1, 0.15) is 5.69 Å². The van der Waals surface area contributed by atoms with Crippen molar-refractivity contribution >= 4 is 27.5 Å². The van der Waals surface area contributed by atoms with Crippen molar-refractivity contribution in [3.63, 3.8) is 0 Å². The van der Waals surface area contributed by atoms with E-state index in [-0.39, 0.29) is 15.2 Å². The van der Waals surface area contributed by atoms with Crippen LogP contribution >= 0.6 is 27.5 Å². The molecule has 0 spiro atoms. The molecule has 0 fully saturated rings. The standard InChI is InChI=1S/C10H4BrClF4N2/c11-6-4-17-18(9(6)10(14,15)16)5-1-2-7(12)8(13)3-5/h1-4H. The van der Waals surface area contributed by atoms with Crippen LogP contribution in [0.25, 0.3) is 5.69 Å². The first-order chi connectivity index (χ1) is 8.30. The van der Waals surface area contributed by atoms with E-state index in [9.17, 15) is 17.6 Å². The molecule has 0 atom stereocenters. The second-order valence-corrected chi connectivity index (χ2v) is 4.61. The molecule has 0 radical (unpaired) electrons. The Balaban J connectivity index is 2.61. The quantitative estimate of drug-likeness (QED) is 0.700. The number of rotatable bonds is 1. The molecule has 0 amide bonds. The predicted molar refractivity (Wildman–Crippen MR) is 61.2 cm³/mol. The minimum atomic E-state index is -4.61. The number of nitrogens with zero attached hydrogens (tertiary/aromatic N) is 2. The first-order valence-corrected chi connectivity index (χ1v) is 5.74. The first kappa shape index (κ1) is 13.4. The van der Waals surface area contributed by atoms with Gasteiger partial charge in [0.05, 0.1) is 21.4 Å². The van der Waals surface area contributed by atoms with Gasteiger partial charge in [-0.15, -0.1) is 0 Å². The summed E-state index contributed by atoms with van der Waals surface area (Å²) in [5, 5.41) is 3.40. The van der Waals surface area contributed by atoms with Crippen LogP contribution in [0, 0.1) is 5.82 Å². The number of aromatic nitrogens is 2. The second-order valence-electron chi connectivity index (χ2n) is 3.35. The van der Waals surface area contributed by atoms with Crippen molar-refractivity contribution in [2.75, 3.05) is 0 Å². The van der Waals surface area contributed by atoms with E-state index in [4.69, 9.17) is 11.6 Å². The highest BCUT2D eigenvalue weighted by molar-refractivity contribution is 9.10. The second kappa shape index (κ2) is 4.55. The summed E-state index contributed by atoms with van der Waals surface area (Å²) in [4.78, 5) is 0. The summed E-state index contributed by atoms with van der Waals surface area (Å²) in [6.45, 7) is 0. The minimum absolute atomic E-state index is 0.0603. The van der Waals surface area contributed by atoms with Gasteiger partial charge in [0.15, 0.2) is 5.69 Å². The fraction of sp³-hybridized carbons (Fsp3) is 0.100. The number of benzene rings is 1.